The van der Waals surface area contributed by atoms with E-state index in [4.69, 9.17) is 0 Å². The number of benzene rings is 1. The van der Waals surface area contributed by atoms with E-state index in [1.807, 2.05) is 42.5 Å². The number of nitrogens with zero attached hydrogens (tertiary/aromatic N) is 5. The Bertz CT molecular complexity index is 862. The molecular weight excluding hydrogens is 338 g/mol. The van der Waals surface area contributed by atoms with Crippen LogP contribution in [0.3, 0.4) is 0 Å². The van der Waals surface area contributed by atoms with Crippen LogP contribution in [0, 0.1) is 0 Å². The molecule has 7 heteroatoms. The second-order valence-corrected chi connectivity index (χ2v) is 6.71. The Kier molecular flexibility index (Phi) is 5.29. The number of rotatable bonds is 7. The molecule has 0 radical (unpaired) electrons. The van der Waals surface area contributed by atoms with Crippen molar-refractivity contribution in [3.05, 3.63) is 55.0 Å². The number of pyridine rings is 1. The van der Waals surface area contributed by atoms with Gasteiger partial charge < -0.3 is 10.6 Å². The van der Waals surface area contributed by atoms with Crippen LogP contribution in [0.1, 0.15) is 19.8 Å². The van der Waals surface area contributed by atoms with Crippen molar-refractivity contribution in [3.8, 4) is 5.69 Å². The number of hydrogen-bond donors (Lipinski definition) is 2. The summed E-state index contributed by atoms with van der Waals surface area (Å²) in [5.74, 6) is 1.43. The number of anilines is 3. The van der Waals surface area contributed by atoms with Crippen LogP contribution in [0.4, 0.5) is 17.5 Å². The fourth-order valence-electron chi connectivity index (χ4n) is 3.52. The maximum atomic E-state index is 4.51. The van der Waals surface area contributed by atoms with Gasteiger partial charge in [-0.25, -0.2) is 9.67 Å². The highest BCUT2D eigenvalue weighted by Crippen LogP contribution is 2.18. The lowest BCUT2D eigenvalue weighted by molar-refractivity contribution is 0.277. The summed E-state index contributed by atoms with van der Waals surface area (Å²) in [6.45, 7) is 5.45. The normalized spacial score (nSPS) is 17.1. The van der Waals surface area contributed by atoms with Crippen molar-refractivity contribution in [2.24, 2.45) is 0 Å². The predicted molar refractivity (Wildman–Crippen MR) is 108 cm³/mol. The molecule has 27 heavy (non-hydrogen) atoms. The second kappa shape index (κ2) is 8.18. The zero-order valence-electron chi connectivity index (χ0n) is 15.5. The summed E-state index contributed by atoms with van der Waals surface area (Å²) in [6.07, 6.45) is 6.04. The van der Waals surface area contributed by atoms with Crippen LogP contribution in [0.2, 0.25) is 0 Å². The number of likely N-dealkylation sites (tertiary alicyclic amines) is 1. The summed E-state index contributed by atoms with van der Waals surface area (Å²) < 4.78 is 1.76. The van der Waals surface area contributed by atoms with Crippen molar-refractivity contribution >= 4 is 17.5 Å². The van der Waals surface area contributed by atoms with Gasteiger partial charge in [0.1, 0.15) is 12.1 Å². The zero-order chi connectivity index (χ0) is 18.5. The molecule has 0 amide bonds. The van der Waals surface area contributed by atoms with Crippen molar-refractivity contribution in [3.63, 3.8) is 0 Å². The molecule has 2 aromatic heterocycles. The molecule has 3 aromatic rings. The number of likely N-dealkylation sites (N-methyl/N-ethyl adjacent to an activating group) is 1. The smallest absolute Gasteiger partial charge is 0.246 e. The average molecular weight is 363 g/mol. The third kappa shape index (κ3) is 4.25. The monoisotopic (exact) mass is 363 g/mol. The molecule has 1 aliphatic rings. The lowest BCUT2D eigenvalue weighted by Gasteiger charge is -2.23. The third-order valence-electron chi connectivity index (χ3n) is 4.95. The lowest BCUT2D eigenvalue weighted by Crippen LogP contribution is -2.34. The molecule has 0 spiro atoms. The summed E-state index contributed by atoms with van der Waals surface area (Å²) >= 11 is 0. The van der Waals surface area contributed by atoms with Gasteiger partial charge in [0.2, 0.25) is 5.95 Å². The molecule has 1 saturated heterocycles. The maximum absolute atomic E-state index is 4.51. The molecule has 1 unspecified atom stereocenters. The van der Waals surface area contributed by atoms with Gasteiger partial charge in [-0.05, 0) is 44.1 Å². The molecule has 2 N–H and O–H groups in total. The van der Waals surface area contributed by atoms with Crippen LogP contribution in [-0.4, -0.2) is 50.3 Å². The Hall–Kier alpha value is -2.93. The van der Waals surface area contributed by atoms with E-state index < -0.39 is 0 Å². The Balaban J connectivity index is 1.42. The molecule has 1 aromatic carbocycles. The summed E-state index contributed by atoms with van der Waals surface area (Å²) in [5.41, 5.74) is 1.89. The highest BCUT2D eigenvalue weighted by atomic mass is 15.4. The maximum Gasteiger partial charge on any atom is 0.246 e. The van der Waals surface area contributed by atoms with Crippen molar-refractivity contribution in [1.82, 2.24) is 24.6 Å². The van der Waals surface area contributed by atoms with Gasteiger partial charge in [-0.2, -0.15) is 4.98 Å². The van der Waals surface area contributed by atoms with Gasteiger partial charge >= 0.3 is 0 Å². The van der Waals surface area contributed by atoms with Gasteiger partial charge in [-0.1, -0.05) is 25.1 Å². The van der Waals surface area contributed by atoms with Gasteiger partial charge in [0, 0.05) is 30.5 Å². The minimum absolute atomic E-state index is 0.567. The molecule has 7 nitrogen and oxygen atoms in total. The van der Waals surface area contributed by atoms with E-state index in [-0.39, 0.29) is 0 Å². The van der Waals surface area contributed by atoms with E-state index in [2.05, 4.69) is 37.5 Å². The zero-order valence-corrected chi connectivity index (χ0v) is 15.5. The fraction of sp³-hybridized carbons (Fsp3) is 0.350. The number of aromatic nitrogens is 4. The Morgan fingerprint density at radius 2 is 2.04 bits per heavy atom. The minimum atomic E-state index is 0.567. The third-order valence-corrected chi connectivity index (χ3v) is 4.95. The predicted octanol–water partition coefficient (Wildman–Crippen LogP) is 3.30. The minimum Gasteiger partial charge on any atom is -0.368 e. The van der Waals surface area contributed by atoms with Crippen molar-refractivity contribution in [2.45, 2.75) is 25.8 Å². The summed E-state index contributed by atoms with van der Waals surface area (Å²) in [7, 11) is 0. The van der Waals surface area contributed by atoms with E-state index in [9.17, 15) is 0 Å². The highest BCUT2D eigenvalue weighted by molar-refractivity contribution is 5.52. The Morgan fingerprint density at radius 1 is 1.15 bits per heavy atom. The first-order valence-electron chi connectivity index (χ1n) is 9.50. The average Bonchev–Trinajstić information content (AvgIpc) is 3.36. The molecule has 140 valence electrons. The molecular formula is C20H25N7. The molecule has 0 bridgehead atoms. The van der Waals surface area contributed by atoms with Gasteiger partial charge in [-0.3, -0.25) is 4.90 Å². The van der Waals surface area contributed by atoms with Gasteiger partial charge in [0.25, 0.3) is 0 Å². The van der Waals surface area contributed by atoms with Gasteiger partial charge in [-0.15, -0.1) is 5.10 Å². The van der Waals surface area contributed by atoms with Crippen LogP contribution in [-0.2, 0) is 0 Å². The summed E-state index contributed by atoms with van der Waals surface area (Å²) in [5, 5.41) is 11.2. The van der Waals surface area contributed by atoms with E-state index in [0.717, 1.165) is 30.3 Å². The number of hydrogen-bond acceptors (Lipinski definition) is 6. The summed E-state index contributed by atoms with van der Waals surface area (Å²) in [6, 6.07) is 14.4. The Labute approximate surface area is 159 Å². The SMILES string of the molecule is CCN1CCCC1CNc1cc(-n2cnc(Nc3ccccc3)n2)ccn1. The van der Waals surface area contributed by atoms with E-state index in [0.29, 0.717) is 12.0 Å². The highest BCUT2D eigenvalue weighted by Gasteiger charge is 2.22. The van der Waals surface area contributed by atoms with E-state index in [1.165, 1.54) is 19.4 Å². The fourth-order valence-corrected chi connectivity index (χ4v) is 3.52. The van der Waals surface area contributed by atoms with Crippen molar-refractivity contribution in [2.75, 3.05) is 30.3 Å². The molecule has 1 atom stereocenters. The van der Waals surface area contributed by atoms with Crippen LogP contribution < -0.4 is 10.6 Å². The topological polar surface area (TPSA) is 70.9 Å². The molecule has 1 fully saturated rings. The first-order valence-corrected chi connectivity index (χ1v) is 9.50. The molecule has 3 heterocycles. The molecule has 1 aliphatic heterocycles. The molecule has 4 rings (SSSR count). The second-order valence-electron chi connectivity index (χ2n) is 6.71. The molecule has 0 saturated carbocycles. The summed E-state index contributed by atoms with van der Waals surface area (Å²) in [4.78, 5) is 11.3. The standard InChI is InChI=1S/C20H25N7/c1-2-26-12-6-9-18(26)14-22-19-13-17(10-11-21-19)27-15-23-20(25-27)24-16-7-4-3-5-8-16/h3-5,7-8,10-11,13,15,18H,2,6,9,12,14H2,1H3,(H,21,22)(H,24,25). The van der Waals surface area contributed by atoms with Crippen LogP contribution in [0.25, 0.3) is 5.69 Å². The molecule has 0 aliphatic carbocycles. The van der Waals surface area contributed by atoms with Gasteiger partial charge in [0.15, 0.2) is 0 Å². The van der Waals surface area contributed by atoms with Crippen LogP contribution in [0.5, 0.6) is 0 Å². The van der Waals surface area contributed by atoms with E-state index in [1.54, 1.807) is 17.2 Å². The lowest BCUT2D eigenvalue weighted by atomic mass is 10.2. The van der Waals surface area contributed by atoms with Gasteiger partial charge in [0.05, 0.1) is 5.69 Å². The van der Waals surface area contributed by atoms with Crippen LogP contribution in [0.15, 0.2) is 55.0 Å². The van der Waals surface area contributed by atoms with Crippen molar-refractivity contribution < 1.29 is 0 Å². The number of nitrogens with one attached hydrogen (secondary N) is 2. The number of para-hydroxylation sites is 1. The van der Waals surface area contributed by atoms with Crippen molar-refractivity contribution in [1.29, 1.82) is 0 Å². The quantitative estimate of drug-likeness (QED) is 0.671. The van der Waals surface area contributed by atoms with E-state index >= 15 is 0 Å². The largest absolute Gasteiger partial charge is 0.368 e. The first-order chi connectivity index (χ1) is 13.3. The first kappa shape index (κ1) is 17.5. The Morgan fingerprint density at radius 3 is 2.89 bits per heavy atom. The van der Waals surface area contributed by atoms with Crippen LogP contribution >= 0.6 is 0 Å².